The zero-order valence-corrected chi connectivity index (χ0v) is 22.8. The molecule has 0 amide bonds. The van der Waals surface area contributed by atoms with Gasteiger partial charge in [-0.15, -0.1) is 0 Å². The maximum atomic E-state index is 12.5. The van der Waals surface area contributed by atoms with Crippen molar-refractivity contribution in [3.8, 4) is 11.6 Å². The van der Waals surface area contributed by atoms with E-state index in [1.165, 1.54) is 6.07 Å². The molecule has 208 valence electrons. The van der Waals surface area contributed by atoms with E-state index < -0.39 is 22.9 Å². The van der Waals surface area contributed by atoms with Crippen LogP contribution in [-0.2, 0) is 17.6 Å². The number of carboxylic acid groups (broad SMARTS) is 1. The third-order valence-corrected chi connectivity index (χ3v) is 7.33. The van der Waals surface area contributed by atoms with E-state index in [2.05, 4.69) is 30.2 Å². The zero-order chi connectivity index (χ0) is 28.2. The Hall–Kier alpha value is -4.11. The monoisotopic (exact) mass is 542 g/mol. The first-order valence-corrected chi connectivity index (χ1v) is 13.9. The molecule has 40 heavy (non-hydrogen) atoms. The molecule has 0 bridgehead atoms. The summed E-state index contributed by atoms with van der Waals surface area (Å²) < 4.78 is 6.19. The van der Waals surface area contributed by atoms with Crippen LogP contribution in [0.3, 0.4) is 0 Å². The lowest BCUT2D eigenvalue weighted by molar-refractivity contribution is -0.138. The van der Waals surface area contributed by atoms with Crippen LogP contribution < -0.4 is 25.8 Å². The molecule has 5 rings (SSSR count). The van der Waals surface area contributed by atoms with E-state index in [0.29, 0.717) is 24.0 Å². The summed E-state index contributed by atoms with van der Waals surface area (Å²) in [6.07, 6.45) is 7.75. The second-order valence-corrected chi connectivity index (χ2v) is 10.9. The van der Waals surface area contributed by atoms with Gasteiger partial charge in [-0.2, -0.15) is 0 Å². The third-order valence-electron chi connectivity index (χ3n) is 7.33. The SMILES string of the molecule is CC(C)Cc1cc2ccncc2c(Oc2ccc(C[C@@H](C(=O)O)N(c3cc(=O)c3=O)C3CCCCCN3)cc2)n1. The van der Waals surface area contributed by atoms with Crippen molar-refractivity contribution in [1.29, 1.82) is 0 Å². The molecule has 9 heteroatoms. The first-order valence-electron chi connectivity index (χ1n) is 13.9. The van der Waals surface area contributed by atoms with Gasteiger partial charge in [0.2, 0.25) is 16.7 Å². The first kappa shape index (κ1) is 27.5. The van der Waals surface area contributed by atoms with Gasteiger partial charge >= 0.3 is 5.97 Å². The van der Waals surface area contributed by atoms with Gasteiger partial charge in [-0.1, -0.05) is 38.8 Å². The number of aromatic nitrogens is 2. The maximum absolute atomic E-state index is 12.5. The molecule has 0 saturated carbocycles. The maximum Gasteiger partial charge on any atom is 0.326 e. The van der Waals surface area contributed by atoms with E-state index in [1.807, 2.05) is 18.2 Å². The van der Waals surface area contributed by atoms with Crippen molar-refractivity contribution in [3.63, 3.8) is 0 Å². The number of anilines is 1. The Bertz CT molecular complexity index is 1550. The van der Waals surface area contributed by atoms with Gasteiger partial charge in [0, 0.05) is 30.6 Å². The molecule has 0 radical (unpaired) electrons. The summed E-state index contributed by atoms with van der Waals surface area (Å²) in [6, 6.07) is 11.5. The Morgan fingerprint density at radius 2 is 1.90 bits per heavy atom. The van der Waals surface area contributed by atoms with E-state index in [9.17, 15) is 19.5 Å². The Morgan fingerprint density at radius 1 is 1.10 bits per heavy atom. The number of carboxylic acids is 1. The molecule has 1 saturated heterocycles. The van der Waals surface area contributed by atoms with Gasteiger partial charge in [-0.25, -0.2) is 9.78 Å². The molecule has 4 aromatic rings. The Morgan fingerprint density at radius 3 is 2.60 bits per heavy atom. The number of benzene rings is 1. The molecule has 2 aromatic carbocycles. The molecule has 1 unspecified atom stereocenters. The van der Waals surface area contributed by atoms with Crippen molar-refractivity contribution in [2.45, 2.75) is 64.6 Å². The Labute approximate surface area is 232 Å². The standard InChI is InChI=1S/C31H34N4O5/c1-19(2)14-22-16-21-11-13-32-18-24(21)30(34-22)40-23-9-7-20(8-10-23)15-26(31(38)39)35(25-17-27(36)29(25)37)28-6-4-3-5-12-33-28/h7-11,13,16-19,26,28,33H,3-6,12,14-15H2,1-2H3,(H,38,39)/t26-,28?/m0/s1. The first-order chi connectivity index (χ1) is 19.3. The van der Waals surface area contributed by atoms with Crippen molar-refractivity contribution in [1.82, 2.24) is 15.3 Å². The molecule has 0 aliphatic carbocycles. The molecule has 2 N–H and O–H groups in total. The number of ether oxygens (including phenoxy) is 1. The summed E-state index contributed by atoms with van der Waals surface area (Å²) in [6.45, 7) is 5.01. The smallest absolute Gasteiger partial charge is 0.326 e. The predicted octanol–water partition coefficient (Wildman–Crippen LogP) is 4.21. The van der Waals surface area contributed by atoms with Crippen LogP contribution in [0.25, 0.3) is 10.8 Å². The van der Waals surface area contributed by atoms with Crippen LogP contribution in [0, 0.1) is 5.92 Å². The van der Waals surface area contributed by atoms with Crippen molar-refractivity contribution in [2.75, 3.05) is 11.4 Å². The van der Waals surface area contributed by atoms with Crippen molar-refractivity contribution in [2.24, 2.45) is 5.92 Å². The van der Waals surface area contributed by atoms with Gasteiger partial charge < -0.3 is 14.7 Å². The number of fused-ring (bicyclic) bond motifs is 1. The minimum absolute atomic E-state index is 0.154. The van der Waals surface area contributed by atoms with E-state index in [0.717, 1.165) is 54.3 Å². The molecule has 3 heterocycles. The Kier molecular flexibility index (Phi) is 8.21. The van der Waals surface area contributed by atoms with Gasteiger partial charge in [-0.3, -0.25) is 19.9 Å². The van der Waals surface area contributed by atoms with E-state index >= 15 is 0 Å². The minimum atomic E-state index is -1.05. The minimum Gasteiger partial charge on any atom is -0.480 e. The van der Waals surface area contributed by atoms with Gasteiger partial charge in [0.1, 0.15) is 11.8 Å². The van der Waals surface area contributed by atoms with Gasteiger partial charge in [0.15, 0.2) is 0 Å². The van der Waals surface area contributed by atoms with E-state index in [1.54, 1.807) is 29.4 Å². The fourth-order valence-electron chi connectivity index (χ4n) is 5.34. The van der Waals surface area contributed by atoms with E-state index in [-0.39, 0.29) is 18.3 Å². The molecule has 1 aliphatic rings. The van der Waals surface area contributed by atoms with Crippen LogP contribution >= 0.6 is 0 Å². The molecule has 1 aliphatic heterocycles. The number of hydrogen-bond acceptors (Lipinski definition) is 8. The molecular weight excluding hydrogens is 508 g/mol. The number of nitrogens with zero attached hydrogens (tertiary/aromatic N) is 3. The third kappa shape index (κ3) is 6.04. The summed E-state index contributed by atoms with van der Waals surface area (Å²) in [4.78, 5) is 47.2. The molecular formula is C31H34N4O5. The molecule has 0 spiro atoms. The number of hydrogen-bond donors (Lipinski definition) is 2. The highest BCUT2D eigenvalue weighted by molar-refractivity contribution is 5.86. The fourth-order valence-corrected chi connectivity index (χ4v) is 5.34. The van der Waals surface area contributed by atoms with Crippen LogP contribution in [0.1, 0.15) is 50.8 Å². The van der Waals surface area contributed by atoms with Crippen LogP contribution in [0.5, 0.6) is 11.6 Å². The Balaban J connectivity index is 1.39. The quantitative estimate of drug-likeness (QED) is 0.284. The number of carbonyl (C=O) groups is 1. The number of pyridine rings is 2. The van der Waals surface area contributed by atoms with Crippen LogP contribution in [0.4, 0.5) is 5.69 Å². The van der Waals surface area contributed by atoms with Gasteiger partial charge in [0.05, 0.1) is 17.2 Å². The van der Waals surface area contributed by atoms with Crippen molar-refractivity contribution >= 4 is 22.4 Å². The fraction of sp³-hybridized carbons (Fsp3) is 0.387. The predicted molar refractivity (Wildman–Crippen MR) is 154 cm³/mol. The number of rotatable bonds is 10. The average molecular weight is 543 g/mol. The lowest BCUT2D eigenvalue weighted by atomic mass is 10.0. The molecule has 1 fully saturated rings. The van der Waals surface area contributed by atoms with Crippen LogP contribution in [0.15, 0.2) is 64.4 Å². The zero-order valence-electron chi connectivity index (χ0n) is 22.8. The molecule has 2 atom stereocenters. The topological polar surface area (TPSA) is 122 Å². The highest BCUT2D eigenvalue weighted by atomic mass is 16.5. The second kappa shape index (κ2) is 12.0. The lowest BCUT2D eigenvalue weighted by Gasteiger charge is -2.38. The highest BCUT2D eigenvalue weighted by Gasteiger charge is 2.35. The van der Waals surface area contributed by atoms with Crippen molar-refractivity contribution in [3.05, 3.63) is 86.6 Å². The summed E-state index contributed by atoms with van der Waals surface area (Å²) in [7, 11) is 0. The second-order valence-electron chi connectivity index (χ2n) is 10.9. The lowest BCUT2D eigenvalue weighted by Crippen LogP contribution is -2.58. The molecule has 9 nitrogen and oxygen atoms in total. The van der Waals surface area contributed by atoms with Gasteiger partial charge in [-0.05, 0) is 66.9 Å². The summed E-state index contributed by atoms with van der Waals surface area (Å²) in [5, 5.41) is 15.4. The largest absolute Gasteiger partial charge is 0.480 e. The number of aliphatic carboxylic acids is 1. The van der Waals surface area contributed by atoms with Crippen LogP contribution in [0.2, 0.25) is 0 Å². The van der Waals surface area contributed by atoms with Gasteiger partial charge in [0.25, 0.3) is 0 Å². The average Bonchev–Trinajstić information content (AvgIpc) is 3.22. The van der Waals surface area contributed by atoms with Crippen LogP contribution in [-0.4, -0.2) is 39.8 Å². The number of nitrogens with one attached hydrogen (secondary N) is 1. The summed E-state index contributed by atoms with van der Waals surface area (Å²) in [5.74, 6) is 0.436. The van der Waals surface area contributed by atoms with Crippen molar-refractivity contribution < 1.29 is 14.6 Å². The molecule has 2 aromatic heterocycles. The normalized spacial score (nSPS) is 16.6. The summed E-state index contributed by atoms with van der Waals surface area (Å²) in [5.41, 5.74) is 0.660. The van der Waals surface area contributed by atoms with E-state index in [4.69, 9.17) is 9.72 Å². The highest BCUT2D eigenvalue weighted by Crippen LogP contribution is 2.30. The summed E-state index contributed by atoms with van der Waals surface area (Å²) >= 11 is 0.